The van der Waals surface area contributed by atoms with Crippen molar-refractivity contribution < 1.29 is 4.79 Å². The van der Waals surface area contributed by atoms with Gasteiger partial charge in [0, 0.05) is 5.56 Å². The highest BCUT2D eigenvalue weighted by Crippen LogP contribution is 2.35. The molecule has 0 saturated carbocycles. The fourth-order valence-corrected chi connectivity index (χ4v) is 2.77. The van der Waals surface area contributed by atoms with Gasteiger partial charge in [0.05, 0.1) is 16.7 Å². The number of para-hydroxylation sites is 3. The zero-order valence-corrected chi connectivity index (χ0v) is 11.0. The van der Waals surface area contributed by atoms with E-state index in [-0.39, 0.29) is 11.9 Å². The zero-order valence-electron chi connectivity index (χ0n) is 11.0. The smallest absolute Gasteiger partial charge is 0.247 e. The molecule has 1 atom stereocenters. The molecule has 4 heteroatoms. The highest BCUT2D eigenvalue weighted by atomic mass is 16.2. The molecule has 2 aromatic carbocycles. The Morgan fingerprint density at radius 3 is 2.75 bits per heavy atom. The molecule has 98 valence electrons. The normalized spacial score (nSPS) is 17.2. The summed E-state index contributed by atoms with van der Waals surface area (Å²) in [6.07, 6.45) is 0. The average Bonchev–Trinajstić information content (AvgIpc) is 2.81. The molecule has 4 rings (SSSR count). The number of amides is 1. The first-order valence-corrected chi connectivity index (χ1v) is 6.63. The van der Waals surface area contributed by atoms with Crippen molar-refractivity contribution >= 4 is 22.6 Å². The lowest BCUT2D eigenvalue weighted by molar-refractivity contribution is -0.118. The first kappa shape index (κ1) is 11.2. The molecule has 1 N–H and O–H groups in total. The number of anilines is 1. The predicted octanol–water partition coefficient (Wildman–Crippen LogP) is 3.22. The molecule has 0 radical (unpaired) electrons. The van der Waals surface area contributed by atoms with Crippen molar-refractivity contribution in [2.45, 2.75) is 13.0 Å². The first-order chi connectivity index (χ1) is 9.75. The van der Waals surface area contributed by atoms with Gasteiger partial charge in [0.2, 0.25) is 5.91 Å². The van der Waals surface area contributed by atoms with Gasteiger partial charge >= 0.3 is 0 Å². The largest absolute Gasteiger partial charge is 0.324 e. The number of rotatable bonds is 0. The van der Waals surface area contributed by atoms with E-state index in [1.54, 1.807) is 0 Å². The summed E-state index contributed by atoms with van der Waals surface area (Å²) in [5.41, 5.74) is 3.68. The molecule has 0 aliphatic carbocycles. The molecule has 1 amide bonds. The Morgan fingerprint density at radius 2 is 1.85 bits per heavy atom. The number of nitrogens with one attached hydrogen (secondary N) is 1. The van der Waals surface area contributed by atoms with Gasteiger partial charge in [0.15, 0.2) is 0 Å². The van der Waals surface area contributed by atoms with Gasteiger partial charge in [-0.15, -0.1) is 0 Å². The molecule has 1 aliphatic heterocycles. The van der Waals surface area contributed by atoms with Crippen molar-refractivity contribution in [3.8, 4) is 11.4 Å². The van der Waals surface area contributed by atoms with Crippen molar-refractivity contribution in [1.29, 1.82) is 0 Å². The molecule has 2 heterocycles. The van der Waals surface area contributed by atoms with Gasteiger partial charge in [-0.2, -0.15) is 0 Å². The molecule has 4 nitrogen and oxygen atoms in total. The molecule has 0 saturated heterocycles. The van der Waals surface area contributed by atoms with E-state index in [0.717, 1.165) is 28.1 Å². The Labute approximate surface area is 116 Å². The number of hydrogen-bond donors (Lipinski definition) is 1. The molecule has 3 aromatic rings. The molecule has 20 heavy (non-hydrogen) atoms. The molecule has 0 bridgehead atoms. The third kappa shape index (κ3) is 1.42. The standard InChI is InChI=1S/C16H13N3O/c1-10-16(20)18-12-7-3-2-6-11(12)15-17-13-8-4-5-9-14(13)19(10)15/h2-10H,1H3,(H,18,20). The second-order valence-electron chi connectivity index (χ2n) is 5.00. The lowest BCUT2D eigenvalue weighted by atomic mass is 10.1. The summed E-state index contributed by atoms with van der Waals surface area (Å²) in [6.45, 7) is 1.90. The summed E-state index contributed by atoms with van der Waals surface area (Å²) in [4.78, 5) is 17.0. The predicted molar refractivity (Wildman–Crippen MR) is 78.5 cm³/mol. The maximum absolute atomic E-state index is 12.3. The van der Waals surface area contributed by atoms with E-state index < -0.39 is 0 Å². The Bertz CT molecular complexity index is 835. The van der Waals surface area contributed by atoms with Crippen molar-refractivity contribution in [2.24, 2.45) is 0 Å². The van der Waals surface area contributed by atoms with E-state index in [9.17, 15) is 4.79 Å². The van der Waals surface area contributed by atoms with Crippen LogP contribution in [0.15, 0.2) is 48.5 Å². The van der Waals surface area contributed by atoms with Gasteiger partial charge in [-0.1, -0.05) is 24.3 Å². The van der Waals surface area contributed by atoms with Crippen LogP contribution in [0, 0.1) is 0 Å². The van der Waals surface area contributed by atoms with Crippen LogP contribution in [0.4, 0.5) is 5.69 Å². The third-order valence-corrected chi connectivity index (χ3v) is 3.79. The number of carbonyl (C=O) groups excluding carboxylic acids is 1. The van der Waals surface area contributed by atoms with Crippen LogP contribution in [-0.4, -0.2) is 15.5 Å². The van der Waals surface area contributed by atoms with Crippen molar-refractivity contribution in [3.63, 3.8) is 0 Å². The SMILES string of the molecule is CC1C(=O)Nc2ccccc2-c2nc3ccccc3n21. The van der Waals surface area contributed by atoms with Gasteiger partial charge in [-0.3, -0.25) is 4.79 Å². The van der Waals surface area contributed by atoms with E-state index in [1.807, 2.05) is 60.0 Å². The number of hydrogen-bond acceptors (Lipinski definition) is 2. The van der Waals surface area contributed by atoms with Gasteiger partial charge in [0.1, 0.15) is 11.9 Å². The van der Waals surface area contributed by atoms with Gasteiger partial charge in [0.25, 0.3) is 0 Å². The van der Waals surface area contributed by atoms with Crippen molar-refractivity contribution in [2.75, 3.05) is 5.32 Å². The molecule has 0 fully saturated rings. The van der Waals surface area contributed by atoms with E-state index in [0.29, 0.717) is 0 Å². The maximum Gasteiger partial charge on any atom is 0.247 e. The number of fused-ring (bicyclic) bond motifs is 5. The number of imidazole rings is 1. The third-order valence-electron chi connectivity index (χ3n) is 3.79. The lowest BCUT2D eigenvalue weighted by Gasteiger charge is -2.12. The maximum atomic E-state index is 12.3. The van der Waals surface area contributed by atoms with Gasteiger partial charge in [-0.25, -0.2) is 4.98 Å². The van der Waals surface area contributed by atoms with Gasteiger partial charge < -0.3 is 9.88 Å². The number of aromatic nitrogens is 2. The Hall–Kier alpha value is -2.62. The first-order valence-electron chi connectivity index (χ1n) is 6.63. The van der Waals surface area contributed by atoms with Crippen molar-refractivity contribution in [3.05, 3.63) is 48.5 Å². The fraction of sp³-hybridized carbons (Fsp3) is 0.125. The van der Waals surface area contributed by atoms with Crippen LogP contribution in [0.2, 0.25) is 0 Å². The van der Waals surface area contributed by atoms with E-state index in [2.05, 4.69) is 5.32 Å². The summed E-state index contributed by atoms with van der Waals surface area (Å²) in [5, 5.41) is 2.97. The quantitative estimate of drug-likeness (QED) is 0.677. The average molecular weight is 263 g/mol. The highest BCUT2D eigenvalue weighted by molar-refractivity contribution is 6.01. The molecule has 1 unspecified atom stereocenters. The lowest BCUT2D eigenvalue weighted by Crippen LogP contribution is -2.21. The summed E-state index contributed by atoms with van der Waals surface area (Å²) in [7, 11) is 0. The zero-order chi connectivity index (χ0) is 13.7. The number of nitrogens with zero attached hydrogens (tertiary/aromatic N) is 2. The Kier molecular flexibility index (Phi) is 2.21. The van der Waals surface area contributed by atoms with Crippen LogP contribution in [0.1, 0.15) is 13.0 Å². The molecule has 0 spiro atoms. The Balaban J connectivity index is 2.14. The molecular weight excluding hydrogens is 250 g/mol. The highest BCUT2D eigenvalue weighted by Gasteiger charge is 2.27. The van der Waals surface area contributed by atoms with Gasteiger partial charge in [-0.05, 0) is 31.2 Å². The van der Waals surface area contributed by atoms with Crippen LogP contribution in [0.3, 0.4) is 0 Å². The molecule has 1 aromatic heterocycles. The van der Waals surface area contributed by atoms with Crippen LogP contribution >= 0.6 is 0 Å². The minimum Gasteiger partial charge on any atom is -0.324 e. The second-order valence-corrected chi connectivity index (χ2v) is 5.00. The summed E-state index contributed by atoms with van der Waals surface area (Å²) >= 11 is 0. The van der Waals surface area contributed by atoms with Crippen LogP contribution in [0.5, 0.6) is 0 Å². The summed E-state index contributed by atoms with van der Waals surface area (Å²) < 4.78 is 2.01. The van der Waals surface area contributed by atoms with Crippen LogP contribution < -0.4 is 5.32 Å². The Morgan fingerprint density at radius 1 is 1.10 bits per heavy atom. The van der Waals surface area contributed by atoms with E-state index >= 15 is 0 Å². The van der Waals surface area contributed by atoms with Crippen LogP contribution in [-0.2, 0) is 4.79 Å². The number of carbonyl (C=O) groups is 1. The fourth-order valence-electron chi connectivity index (χ4n) is 2.77. The minimum absolute atomic E-state index is 0.0145. The summed E-state index contributed by atoms with van der Waals surface area (Å²) in [5.74, 6) is 0.826. The van der Waals surface area contributed by atoms with E-state index in [4.69, 9.17) is 4.98 Å². The summed E-state index contributed by atoms with van der Waals surface area (Å²) in [6, 6.07) is 15.4. The monoisotopic (exact) mass is 263 g/mol. The molecule has 1 aliphatic rings. The van der Waals surface area contributed by atoms with Crippen molar-refractivity contribution in [1.82, 2.24) is 9.55 Å². The van der Waals surface area contributed by atoms with E-state index in [1.165, 1.54) is 0 Å². The number of benzene rings is 2. The van der Waals surface area contributed by atoms with Crippen LogP contribution in [0.25, 0.3) is 22.4 Å². The second kappa shape index (κ2) is 3.93. The molecular formula is C16H13N3O. The topological polar surface area (TPSA) is 46.9 Å². The minimum atomic E-state index is -0.287.